The van der Waals surface area contributed by atoms with Crippen molar-refractivity contribution < 1.29 is 28.6 Å². The Bertz CT molecular complexity index is 1530. The number of nitrogens with one attached hydrogen (secondary N) is 1. The van der Waals surface area contributed by atoms with Crippen molar-refractivity contribution in [1.29, 1.82) is 0 Å². The van der Waals surface area contributed by atoms with Gasteiger partial charge in [0.15, 0.2) is 0 Å². The van der Waals surface area contributed by atoms with E-state index in [1.807, 2.05) is 25.1 Å². The van der Waals surface area contributed by atoms with Crippen molar-refractivity contribution in [2.75, 3.05) is 25.1 Å². The molecule has 10 nitrogen and oxygen atoms in total. The number of benzene rings is 2. The zero-order valence-electron chi connectivity index (χ0n) is 21.5. The lowest BCUT2D eigenvalue weighted by Crippen LogP contribution is -2.28. The van der Waals surface area contributed by atoms with Crippen LogP contribution in [0.25, 0.3) is 10.2 Å². The maximum Gasteiger partial charge on any atom is 0.348 e. The molecule has 0 saturated heterocycles. The molecule has 0 saturated carbocycles. The van der Waals surface area contributed by atoms with Gasteiger partial charge in [-0.1, -0.05) is 25.1 Å². The highest BCUT2D eigenvalue weighted by molar-refractivity contribution is 7.20. The fraction of sp³-hybridized carbons (Fsp3) is 0.250. The van der Waals surface area contributed by atoms with Crippen molar-refractivity contribution in [3.05, 3.63) is 87.3 Å². The zero-order chi connectivity index (χ0) is 27.8. The second-order valence-corrected chi connectivity index (χ2v) is 9.47. The predicted octanol–water partition coefficient (Wildman–Crippen LogP) is 4.21. The first kappa shape index (κ1) is 27.5. The van der Waals surface area contributed by atoms with Crippen LogP contribution in [0.5, 0.6) is 5.75 Å². The van der Waals surface area contributed by atoms with Gasteiger partial charge in [0.2, 0.25) is 5.91 Å². The molecule has 2 heterocycles. The van der Waals surface area contributed by atoms with Crippen LogP contribution in [0.4, 0.5) is 5.69 Å². The van der Waals surface area contributed by atoms with Crippen LogP contribution in [0, 0.1) is 6.92 Å². The van der Waals surface area contributed by atoms with Gasteiger partial charge in [-0.15, -0.1) is 11.3 Å². The second kappa shape index (κ2) is 12.8. The molecule has 0 bridgehead atoms. The normalized spacial score (nSPS) is 10.7. The molecule has 39 heavy (non-hydrogen) atoms. The molecular weight excluding hydrogens is 522 g/mol. The number of ether oxygens (including phenoxy) is 3. The molecule has 0 atom stereocenters. The standard InChI is InChI=1S/C28H27N3O7S/c1-3-13-37-27(34)19-9-11-20(12-10-19)30-22(32)16-31-17-29-25-23(26(31)33)18(2)24(39-25)28(35)38-15-14-36-21-7-5-4-6-8-21/h4-12,17H,3,13-16H2,1-2H3,(H,30,32). The van der Waals surface area contributed by atoms with E-state index in [4.69, 9.17) is 14.2 Å². The summed E-state index contributed by atoms with van der Waals surface area (Å²) < 4.78 is 17.1. The highest BCUT2D eigenvalue weighted by Gasteiger charge is 2.21. The summed E-state index contributed by atoms with van der Waals surface area (Å²) in [5.41, 5.74) is 0.839. The maximum absolute atomic E-state index is 13.1. The molecule has 1 N–H and O–H groups in total. The lowest BCUT2D eigenvalue weighted by Gasteiger charge is -2.08. The van der Waals surface area contributed by atoms with E-state index in [0.717, 1.165) is 17.8 Å². The lowest BCUT2D eigenvalue weighted by molar-refractivity contribution is -0.116. The van der Waals surface area contributed by atoms with Gasteiger partial charge < -0.3 is 19.5 Å². The molecule has 11 heteroatoms. The van der Waals surface area contributed by atoms with Crippen LogP contribution in [0.1, 0.15) is 38.9 Å². The third-order valence-electron chi connectivity index (χ3n) is 5.59. The van der Waals surface area contributed by atoms with E-state index >= 15 is 0 Å². The average molecular weight is 550 g/mol. The zero-order valence-corrected chi connectivity index (χ0v) is 22.3. The first-order valence-electron chi connectivity index (χ1n) is 12.3. The largest absolute Gasteiger partial charge is 0.490 e. The van der Waals surface area contributed by atoms with E-state index in [1.54, 1.807) is 43.3 Å². The molecule has 0 radical (unpaired) electrons. The summed E-state index contributed by atoms with van der Waals surface area (Å²) in [6, 6.07) is 15.4. The number of amides is 1. The van der Waals surface area contributed by atoms with Gasteiger partial charge in [-0.3, -0.25) is 14.2 Å². The molecule has 202 valence electrons. The molecule has 0 aliphatic carbocycles. The van der Waals surface area contributed by atoms with Crippen LogP contribution in [0.2, 0.25) is 0 Å². The first-order valence-corrected chi connectivity index (χ1v) is 13.1. The van der Waals surface area contributed by atoms with Crippen molar-refractivity contribution in [2.24, 2.45) is 0 Å². The predicted molar refractivity (Wildman–Crippen MR) is 146 cm³/mol. The van der Waals surface area contributed by atoms with Crippen LogP contribution in [-0.2, 0) is 20.8 Å². The van der Waals surface area contributed by atoms with Gasteiger partial charge in [0.05, 0.1) is 23.9 Å². The number of aryl methyl sites for hydroxylation is 1. The van der Waals surface area contributed by atoms with Crippen molar-refractivity contribution in [2.45, 2.75) is 26.8 Å². The fourth-order valence-electron chi connectivity index (χ4n) is 3.67. The monoisotopic (exact) mass is 549 g/mol. The average Bonchev–Trinajstić information content (AvgIpc) is 3.29. The number of hydrogen-bond acceptors (Lipinski definition) is 9. The van der Waals surface area contributed by atoms with E-state index in [2.05, 4.69) is 10.3 Å². The minimum atomic E-state index is -0.571. The van der Waals surface area contributed by atoms with Gasteiger partial charge >= 0.3 is 11.9 Å². The van der Waals surface area contributed by atoms with Crippen LogP contribution >= 0.6 is 11.3 Å². The second-order valence-electron chi connectivity index (χ2n) is 8.47. The number of carbonyl (C=O) groups excluding carboxylic acids is 3. The van der Waals surface area contributed by atoms with E-state index in [-0.39, 0.29) is 30.0 Å². The third-order valence-corrected chi connectivity index (χ3v) is 6.77. The summed E-state index contributed by atoms with van der Waals surface area (Å²) in [4.78, 5) is 55.2. The van der Waals surface area contributed by atoms with E-state index < -0.39 is 23.4 Å². The number of para-hydroxylation sites is 1. The Morgan fingerprint density at radius 3 is 2.38 bits per heavy atom. The Labute approximate surface area is 228 Å². The maximum atomic E-state index is 13.1. The van der Waals surface area contributed by atoms with Gasteiger partial charge in [-0.25, -0.2) is 14.6 Å². The fourth-order valence-corrected chi connectivity index (χ4v) is 4.70. The van der Waals surface area contributed by atoms with E-state index in [9.17, 15) is 19.2 Å². The molecule has 2 aromatic carbocycles. The minimum absolute atomic E-state index is 0.0418. The van der Waals surface area contributed by atoms with E-state index in [0.29, 0.717) is 34.0 Å². The highest BCUT2D eigenvalue weighted by atomic mass is 32.1. The molecule has 2 aromatic heterocycles. The van der Waals surface area contributed by atoms with Crippen molar-refractivity contribution >= 4 is 45.1 Å². The molecule has 0 aliphatic rings. The summed E-state index contributed by atoms with van der Waals surface area (Å²) in [5.74, 6) is -0.788. The molecule has 0 aliphatic heterocycles. The van der Waals surface area contributed by atoms with Crippen LogP contribution < -0.4 is 15.6 Å². The van der Waals surface area contributed by atoms with Crippen LogP contribution in [-0.4, -0.2) is 47.2 Å². The van der Waals surface area contributed by atoms with Gasteiger partial charge in [0, 0.05) is 5.69 Å². The number of carbonyl (C=O) groups is 3. The Hall–Kier alpha value is -4.51. The summed E-state index contributed by atoms with van der Waals surface area (Å²) in [5, 5.41) is 2.95. The number of thiophene rings is 1. The SMILES string of the molecule is CCCOC(=O)c1ccc(NC(=O)Cn2cnc3sc(C(=O)OCCOc4ccccc4)c(C)c3c2=O)cc1. The number of rotatable bonds is 11. The number of esters is 2. The van der Waals surface area contributed by atoms with Gasteiger partial charge in [-0.2, -0.15) is 0 Å². The molecule has 1 amide bonds. The van der Waals surface area contributed by atoms with Crippen LogP contribution in [0.3, 0.4) is 0 Å². The summed E-state index contributed by atoms with van der Waals surface area (Å²) in [7, 11) is 0. The molecule has 0 unspecified atom stereocenters. The summed E-state index contributed by atoms with van der Waals surface area (Å²) in [6.45, 7) is 3.83. The van der Waals surface area contributed by atoms with Crippen molar-refractivity contribution in [3.63, 3.8) is 0 Å². The molecular formula is C28H27N3O7S. The number of fused-ring (bicyclic) bond motifs is 1. The molecule has 0 fully saturated rings. The van der Waals surface area contributed by atoms with Gasteiger partial charge in [0.1, 0.15) is 35.2 Å². The Morgan fingerprint density at radius 1 is 0.949 bits per heavy atom. The van der Waals surface area contributed by atoms with Crippen molar-refractivity contribution in [3.8, 4) is 5.75 Å². The van der Waals surface area contributed by atoms with E-state index in [1.165, 1.54) is 10.9 Å². The first-order chi connectivity index (χ1) is 18.9. The number of nitrogens with zero attached hydrogens (tertiary/aromatic N) is 2. The van der Waals surface area contributed by atoms with Gasteiger partial charge in [-0.05, 0) is 55.3 Å². The van der Waals surface area contributed by atoms with Crippen LogP contribution in [0.15, 0.2) is 65.7 Å². The number of anilines is 1. The smallest absolute Gasteiger partial charge is 0.348 e. The Morgan fingerprint density at radius 2 is 1.67 bits per heavy atom. The summed E-state index contributed by atoms with van der Waals surface area (Å²) >= 11 is 1.06. The molecule has 0 spiro atoms. The Balaban J connectivity index is 1.38. The molecule has 4 aromatic rings. The lowest BCUT2D eigenvalue weighted by atomic mass is 10.2. The minimum Gasteiger partial charge on any atom is -0.490 e. The molecule has 4 rings (SSSR count). The quantitative estimate of drug-likeness (QED) is 0.218. The topological polar surface area (TPSA) is 126 Å². The third kappa shape index (κ3) is 6.88. The van der Waals surface area contributed by atoms with Gasteiger partial charge in [0.25, 0.3) is 5.56 Å². The number of hydrogen-bond donors (Lipinski definition) is 1. The summed E-state index contributed by atoms with van der Waals surface area (Å²) in [6.07, 6.45) is 2.00. The Kier molecular flexibility index (Phi) is 9.06. The number of aromatic nitrogens is 2. The highest BCUT2D eigenvalue weighted by Crippen LogP contribution is 2.27. The van der Waals surface area contributed by atoms with Crippen molar-refractivity contribution in [1.82, 2.24) is 9.55 Å².